The summed E-state index contributed by atoms with van der Waals surface area (Å²) < 4.78 is 15.6. The molecule has 2 rings (SSSR count). The third-order valence-electron chi connectivity index (χ3n) is 4.84. The molecule has 1 aliphatic heterocycles. The van der Waals surface area contributed by atoms with Crippen LogP contribution in [0.1, 0.15) is 50.4 Å². The molecule has 2 N–H and O–H groups in total. The van der Waals surface area contributed by atoms with Gasteiger partial charge in [-0.05, 0) is 51.8 Å². The molecule has 0 radical (unpaired) electrons. The summed E-state index contributed by atoms with van der Waals surface area (Å²) in [6.45, 7) is 6.69. The van der Waals surface area contributed by atoms with Gasteiger partial charge in [0.25, 0.3) is 5.91 Å². The van der Waals surface area contributed by atoms with Crippen LogP contribution < -0.4 is 20.1 Å². The summed E-state index contributed by atoms with van der Waals surface area (Å²) in [5, 5.41) is 5.61. The van der Waals surface area contributed by atoms with Gasteiger partial charge < -0.3 is 29.7 Å². The zero-order chi connectivity index (χ0) is 23.0. The highest BCUT2D eigenvalue weighted by atomic mass is 16.6. The van der Waals surface area contributed by atoms with E-state index in [0.717, 1.165) is 0 Å². The van der Waals surface area contributed by atoms with E-state index in [2.05, 4.69) is 10.6 Å². The minimum Gasteiger partial charge on any atom is -0.493 e. The smallest absolute Gasteiger partial charge is 0.407 e. The van der Waals surface area contributed by atoms with Crippen molar-refractivity contribution < 1.29 is 28.6 Å². The summed E-state index contributed by atoms with van der Waals surface area (Å²) in [5.41, 5.74) is -0.0819. The quantitative estimate of drug-likeness (QED) is 0.681. The Bertz CT molecular complexity index is 782. The van der Waals surface area contributed by atoms with Crippen molar-refractivity contribution in [2.45, 2.75) is 51.7 Å². The Hall–Kier alpha value is -2.97. The van der Waals surface area contributed by atoms with E-state index in [4.69, 9.17) is 14.2 Å². The number of likely N-dealkylation sites (tertiary alicyclic amines) is 1. The third-order valence-corrected chi connectivity index (χ3v) is 4.84. The first-order valence-electron chi connectivity index (χ1n) is 10.4. The van der Waals surface area contributed by atoms with E-state index in [0.29, 0.717) is 43.0 Å². The lowest BCUT2D eigenvalue weighted by Crippen LogP contribution is -2.47. The largest absolute Gasteiger partial charge is 0.493 e. The van der Waals surface area contributed by atoms with Crippen molar-refractivity contribution in [2.75, 3.05) is 33.9 Å². The van der Waals surface area contributed by atoms with Gasteiger partial charge in [-0.3, -0.25) is 9.59 Å². The molecule has 0 aliphatic carbocycles. The molecule has 1 fully saturated rings. The van der Waals surface area contributed by atoms with Crippen molar-refractivity contribution in [3.63, 3.8) is 0 Å². The van der Waals surface area contributed by atoms with Crippen LogP contribution in [0.2, 0.25) is 0 Å². The maximum atomic E-state index is 12.6. The number of nitrogens with zero attached hydrogens (tertiary/aromatic N) is 1. The van der Waals surface area contributed by atoms with Crippen LogP contribution in [0, 0.1) is 0 Å². The Labute approximate surface area is 183 Å². The normalized spacial score (nSPS) is 14.5. The maximum absolute atomic E-state index is 12.6. The maximum Gasteiger partial charge on any atom is 0.407 e. The Balaban J connectivity index is 1.75. The highest BCUT2D eigenvalue weighted by Gasteiger charge is 2.24. The summed E-state index contributed by atoms with van der Waals surface area (Å²) in [6, 6.07) is 5.02. The molecular weight excluding hydrogens is 402 g/mol. The summed E-state index contributed by atoms with van der Waals surface area (Å²) in [6.07, 6.45) is 1.02. The van der Waals surface area contributed by atoms with Crippen LogP contribution in [0.4, 0.5) is 4.79 Å². The first kappa shape index (κ1) is 24.3. The number of amides is 3. The van der Waals surface area contributed by atoms with Crippen LogP contribution in [-0.4, -0.2) is 68.3 Å². The van der Waals surface area contributed by atoms with Gasteiger partial charge in [0.05, 0.1) is 14.2 Å². The molecule has 0 unspecified atom stereocenters. The van der Waals surface area contributed by atoms with Gasteiger partial charge in [-0.1, -0.05) is 0 Å². The number of piperidine rings is 1. The number of nitrogens with one attached hydrogen (secondary N) is 2. The van der Waals surface area contributed by atoms with E-state index in [1.54, 1.807) is 51.0 Å². The molecule has 9 nitrogen and oxygen atoms in total. The van der Waals surface area contributed by atoms with Crippen LogP contribution >= 0.6 is 0 Å². The van der Waals surface area contributed by atoms with E-state index in [9.17, 15) is 14.4 Å². The van der Waals surface area contributed by atoms with Gasteiger partial charge >= 0.3 is 6.09 Å². The van der Waals surface area contributed by atoms with E-state index >= 15 is 0 Å². The first-order valence-corrected chi connectivity index (χ1v) is 10.4. The van der Waals surface area contributed by atoms with Crippen molar-refractivity contribution in [2.24, 2.45) is 0 Å². The molecule has 0 spiro atoms. The highest BCUT2D eigenvalue weighted by molar-refractivity contribution is 5.95. The molecule has 9 heteroatoms. The number of rotatable bonds is 7. The van der Waals surface area contributed by atoms with Crippen LogP contribution in [0.25, 0.3) is 0 Å². The average Bonchev–Trinajstić information content (AvgIpc) is 2.72. The molecule has 0 bridgehead atoms. The molecule has 172 valence electrons. The molecule has 1 aromatic carbocycles. The van der Waals surface area contributed by atoms with Crippen LogP contribution in [0.3, 0.4) is 0 Å². The SMILES string of the molecule is COc1ccc(C(=O)NC2CCN(C(=O)CCNC(=O)OC(C)(C)C)CC2)cc1OC. The number of ether oxygens (including phenoxy) is 3. The molecule has 0 saturated carbocycles. The predicted octanol–water partition coefficient (Wildman–Crippen LogP) is 2.34. The van der Waals surface area contributed by atoms with Crippen molar-refractivity contribution in [1.29, 1.82) is 0 Å². The van der Waals surface area contributed by atoms with Gasteiger partial charge in [-0.15, -0.1) is 0 Å². The lowest BCUT2D eigenvalue weighted by molar-refractivity contribution is -0.132. The summed E-state index contributed by atoms with van der Waals surface area (Å²) >= 11 is 0. The molecule has 0 aromatic heterocycles. The van der Waals surface area contributed by atoms with Gasteiger partial charge in [0, 0.05) is 37.7 Å². The fourth-order valence-electron chi connectivity index (χ4n) is 3.26. The molecule has 1 aliphatic rings. The molecule has 1 aromatic rings. The molecule has 0 atom stereocenters. The van der Waals surface area contributed by atoms with Gasteiger partial charge in [-0.2, -0.15) is 0 Å². The van der Waals surface area contributed by atoms with Gasteiger partial charge in [-0.25, -0.2) is 4.79 Å². The summed E-state index contributed by atoms with van der Waals surface area (Å²) in [7, 11) is 3.07. The van der Waals surface area contributed by atoms with Crippen molar-refractivity contribution in [3.8, 4) is 11.5 Å². The second-order valence-electron chi connectivity index (χ2n) is 8.38. The van der Waals surface area contributed by atoms with Gasteiger partial charge in [0.2, 0.25) is 5.91 Å². The number of carbonyl (C=O) groups is 3. The number of alkyl carbamates (subject to hydrolysis) is 1. The minimum absolute atomic E-state index is 0.00969. The second-order valence-corrected chi connectivity index (χ2v) is 8.38. The van der Waals surface area contributed by atoms with Crippen molar-refractivity contribution >= 4 is 17.9 Å². The topological polar surface area (TPSA) is 106 Å². The minimum atomic E-state index is -0.572. The van der Waals surface area contributed by atoms with Crippen molar-refractivity contribution in [1.82, 2.24) is 15.5 Å². The van der Waals surface area contributed by atoms with Crippen LogP contribution in [0.5, 0.6) is 11.5 Å². The molecule has 1 heterocycles. The number of hydrogen-bond donors (Lipinski definition) is 2. The van der Waals surface area contributed by atoms with E-state index in [1.807, 2.05) is 0 Å². The first-order chi connectivity index (χ1) is 14.6. The summed E-state index contributed by atoms with van der Waals surface area (Å²) in [5.74, 6) is 0.843. The third kappa shape index (κ3) is 7.66. The average molecular weight is 436 g/mol. The van der Waals surface area contributed by atoms with Gasteiger partial charge in [0.1, 0.15) is 5.60 Å². The standard InChI is InChI=1S/C22H33N3O6/c1-22(2,3)31-21(28)23-11-8-19(26)25-12-9-16(10-13-25)24-20(27)15-6-7-17(29-4)18(14-15)30-5/h6-7,14,16H,8-13H2,1-5H3,(H,23,28)(H,24,27). The lowest BCUT2D eigenvalue weighted by Gasteiger charge is -2.32. The van der Waals surface area contributed by atoms with E-state index in [-0.39, 0.29) is 30.8 Å². The van der Waals surface area contributed by atoms with Crippen LogP contribution in [0.15, 0.2) is 18.2 Å². The van der Waals surface area contributed by atoms with E-state index < -0.39 is 11.7 Å². The Morgan fingerprint density at radius 2 is 1.71 bits per heavy atom. The number of benzene rings is 1. The van der Waals surface area contributed by atoms with Gasteiger partial charge in [0.15, 0.2) is 11.5 Å². The molecule has 1 saturated heterocycles. The monoisotopic (exact) mass is 435 g/mol. The summed E-state index contributed by atoms with van der Waals surface area (Å²) in [4.78, 5) is 38.3. The lowest BCUT2D eigenvalue weighted by atomic mass is 10.0. The highest BCUT2D eigenvalue weighted by Crippen LogP contribution is 2.27. The Morgan fingerprint density at radius 1 is 1.06 bits per heavy atom. The zero-order valence-corrected chi connectivity index (χ0v) is 18.9. The predicted molar refractivity (Wildman–Crippen MR) is 115 cm³/mol. The molecular formula is C22H33N3O6. The van der Waals surface area contributed by atoms with Crippen LogP contribution in [-0.2, 0) is 9.53 Å². The van der Waals surface area contributed by atoms with E-state index in [1.165, 1.54) is 7.11 Å². The Morgan fingerprint density at radius 3 is 2.29 bits per heavy atom. The fraction of sp³-hybridized carbons (Fsp3) is 0.591. The van der Waals surface area contributed by atoms with Crippen molar-refractivity contribution in [3.05, 3.63) is 23.8 Å². The second kappa shape index (κ2) is 10.9. The number of hydrogen-bond acceptors (Lipinski definition) is 6. The zero-order valence-electron chi connectivity index (χ0n) is 18.9. The fourth-order valence-corrected chi connectivity index (χ4v) is 3.26. The molecule has 31 heavy (non-hydrogen) atoms. The number of carbonyl (C=O) groups excluding carboxylic acids is 3. The molecule has 3 amide bonds. The number of methoxy groups -OCH3 is 2. The Kier molecular flexibility index (Phi) is 8.53.